The van der Waals surface area contributed by atoms with Crippen LogP contribution in [0.25, 0.3) is 21.8 Å². The number of esters is 1. The molecule has 6 aromatic rings. The van der Waals surface area contributed by atoms with E-state index in [1.54, 1.807) is 30.5 Å². The van der Waals surface area contributed by atoms with Crippen LogP contribution >= 0.6 is 0 Å². The molecule has 6 rings (SSSR count). The number of hydrogen-bond donors (Lipinski definition) is 3. The van der Waals surface area contributed by atoms with E-state index in [1.807, 2.05) is 122 Å². The molecule has 0 saturated carbocycles. The number of para-hydroxylation sites is 2. The standard InChI is InChI=1S/C24H26N2O4.C23H24N2O4/c1-16(2)13-20(24(29)30-3)25-23(28)19-15-26(14-17-9-5-4-6-10-17)21-12-8-7-11-18(21)22(19)27;1-15(2)12-19(23(28)29)24-22(27)18-14-25(13-16-8-4-3-5-9-16)20-11-7-6-10-17(20)21(18)26/h4-12,15-16,20H,13-14H2,1-3H3,(H,25,28);3-11,14-15,19H,12-13H2,1-2H3,(H,24,27)(H,28,29)/t20-;19-/m00/s1. The van der Waals surface area contributed by atoms with E-state index >= 15 is 0 Å². The molecule has 0 unspecified atom stereocenters. The largest absolute Gasteiger partial charge is 0.480 e. The number of benzene rings is 4. The first-order valence-corrected chi connectivity index (χ1v) is 19.5. The zero-order valence-corrected chi connectivity index (χ0v) is 33.9. The highest BCUT2D eigenvalue weighted by molar-refractivity contribution is 6.00. The zero-order valence-electron chi connectivity index (χ0n) is 33.9. The van der Waals surface area contributed by atoms with Crippen molar-refractivity contribution in [2.45, 2.75) is 65.7 Å². The number of carbonyl (C=O) groups excluding carboxylic acids is 3. The highest BCUT2D eigenvalue weighted by Crippen LogP contribution is 2.17. The predicted octanol–water partition coefficient (Wildman–Crippen LogP) is 6.65. The molecule has 2 aromatic heterocycles. The van der Waals surface area contributed by atoms with Gasteiger partial charge in [-0.2, -0.15) is 0 Å². The quantitative estimate of drug-likeness (QED) is 0.103. The number of carboxylic acids is 1. The third-order valence-corrected chi connectivity index (χ3v) is 9.66. The molecule has 12 heteroatoms. The summed E-state index contributed by atoms with van der Waals surface area (Å²) in [7, 11) is 1.28. The topological polar surface area (TPSA) is 166 Å². The maximum Gasteiger partial charge on any atom is 0.328 e. The summed E-state index contributed by atoms with van der Waals surface area (Å²) in [6.07, 6.45) is 3.79. The average molecular weight is 799 g/mol. The Bertz CT molecular complexity index is 2550. The number of hydrogen-bond acceptors (Lipinski definition) is 7. The maximum atomic E-state index is 13.0. The second-order valence-electron chi connectivity index (χ2n) is 15.2. The Kier molecular flexibility index (Phi) is 14.7. The molecular weight excluding hydrogens is 749 g/mol. The van der Waals surface area contributed by atoms with Gasteiger partial charge in [0.15, 0.2) is 0 Å². The second-order valence-corrected chi connectivity index (χ2v) is 15.2. The van der Waals surface area contributed by atoms with Gasteiger partial charge in [0.25, 0.3) is 11.8 Å². The molecule has 59 heavy (non-hydrogen) atoms. The predicted molar refractivity (Wildman–Crippen MR) is 229 cm³/mol. The van der Waals surface area contributed by atoms with Crippen molar-refractivity contribution in [3.8, 4) is 0 Å². The van der Waals surface area contributed by atoms with Crippen molar-refractivity contribution in [2.75, 3.05) is 7.11 Å². The molecular formula is C47H50N4O8. The molecule has 306 valence electrons. The number of fused-ring (bicyclic) bond motifs is 2. The number of aliphatic carboxylic acids is 1. The Hall–Kier alpha value is -6.82. The molecule has 0 saturated heterocycles. The first kappa shape index (κ1) is 43.3. The Labute approximate surface area is 342 Å². The van der Waals surface area contributed by atoms with Crippen LogP contribution in [0.2, 0.25) is 0 Å². The van der Waals surface area contributed by atoms with E-state index in [0.29, 0.717) is 30.3 Å². The fourth-order valence-corrected chi connectivity index (χ4v) is 6.83. The molecule has 0 aliphatic rings. The van der Waals surface area contributed by atoms with Crippen LogP contribution in [0.3, 0.4) is 0 Å². The summed E-state index contributed by atoms with van der Waals surface area (Å²) >= 11 is 0. The van der Waals surface area contributed by atoms with Gasteiger partial charge in [0, 0.05) is 36.3 Å². The molecule has 2 atom stereocenters. The van der Waals surface area contributed by atoms with Crippen LogP contribution in [-0.2, 0) is 27.4 Å². The zero-order chi connectivity index (χ0) is 42.6. The normalized spacial score (nSPS) is 12.1. The second kappa shape index (κ2) is 20.0. The van der Waals surface area contributed by atoms with Gasteiger partial charge in [0.05, 0.1) is 18.1 Å². The minimum absolute atomic E-state index is 0.00212. The lowest BCUT2D eigenvalue weighted by Gasteiger charge is -2.19. The number of amides is 2. The number of aromatic nitrogens is 2. The van der Waals surface area contributed by atoms with Gasteiger partial charge in [-0.25, -0.2) is 9.59 Å². The summed E-state index contributed by atoms with van der Waals surface area (Å²) < 4.78 is 8.55. The fraction of sp³-hybridized carbons (Fsp3) is 0.277. The first-order valence-electron chi connectivity index (χ1n) is 19.5. The number of nitrogens with zero attached hydrogens (tertiary/aromatic N) is 2. The summed E-state index contributed by atoms with van der Waals surface area (Å²) in [5, 5.41) is 15.5. The summed E-state index contributed by atoms with van der Waals surface area (Å²) in [5.41, 5.74) is 2.71. The maximum absolute atomic E-state index is 13.0. The minimum Gasteiger partial charge on any atom is -0.480 e. The van der Waals surface area contributed by atoms with E-state index in [-0.39, 0.29) is 34.8 Å². The molecule has 0 spiro atoms. The molecule has 0 bridgehead atoms. The minimum atomic E-state index is -1.11. The van der Waals surface area contributed by atoms with Gasteiger partial charge in [-0.05, 0) is 60.1 Å². The van der Waals surface area contributed by atoms with Crippen molar-refractivity contribution in [1.29, 1.82) is 0 Å². The van der Waals surface area contributed by atoms with Crippen LogP contribution < -0.4 is 21.5 Å². The number of pyridine rings is 2. The number of methoxy groups -OCH3 is 1. The molecule has 4 aromatic carbocycles. The van der Waals surface area contributed by atoms with Crippen LogP contribution in [0, 0.1) is 11.8 Å². The van der Waals surface area contributed by atoms with Crippen molar-refractivity contribution >= 4 is 45.6 Å². The third kappa shape index (κ3) is 11.2. The van der Waals surface area contributed by atoms with Gasteiger partial charge < -0.3 is 29.6 Å². The number of nitrogens with one attached hydrogen (secondary N) is 2. The number of carbonyl (C=O) groups is 4. The monoisotopic (exact) mass is 798 g/mol. The highest BCUT2D eigenvalue weighted by Gasteiger charge is 2.26. The van der Waals surface area contributed by atoms with Gasteiger partial charge in [-0.3, -0.25) is 19.2 Å². The Morgan fingerprint density at radius 2 is 0.949 bits per heavy atom. The third-order valence-electron chi connectivity index (χ3n) is 9.66. The summed E-state index contributed by atoms with van der Waals surface area (Å²) in [5.74, 6) is -2.64. The summed E-state index contributed by atoms with van der Waals surface area (Å²) in [6, 6.07) is 32.0. The summed E-state index contributed by atoms with van der Waals surface area (Å²) in [4.78, 5) is 75.4. The van der Waals surface area contributed by atoms with Gasteiger partial charge in [-0.15, -0.1) is 0 Å². The Balaban J connectivity index is 0.000000224. The number of ether oxygens (including phenoxy) is 1. The highest BCUT2D eigenvalue weighted by atomic mass is 16.5. The first-order chi connectivity index (χ1) is 28.3. The molecule has 0 fully saturated rings. The van der Waals surface area contributed by atoms with Crippen molar-refractivity contribution in [3.05, 3.63) is 164 Å². The number of rotatable bonds is 14. The van der Waals surface area contributed by atoms with E-state index in [2.05, 4.69) is 10.6 Å². The fourth-order valence-electron chi connectivity index (χ4n) is 6.83. The Morgan fingerprint density at radius 3 is 1.34 bits per heavy atom. The molecule has 2 amide bonds. The van der Waals surface area contributed by atoms with E-state index in [4.69, 9.17) is 4.74 Å². The van der Waals surface area contributed by atoms with Gasteiger partial charge in [0.1, 0.15) is 23.2 Å². The van der Waals surface area contributed by atoms with Crippen LogP contribution in [-0.4, -0.2) is 57.2 Å². The lowest BCUT2D eigenvalue weighted by Crippen LogP contribution is -2.43. The van der Waals surface area contributed by atoms with Gasteiger partial charge >= 0.3 is 11.9 Å². The van der Waals surface area contributed by atoms with Crippen LogP contribution in [0.15, 0.2) is 131 Å². The smallest absolute Gasteiger partial charge is 0.328 e. The van der Waals surface area contributed by atoms with Crippen molar-refractivity contribution in [3.63, 3.8) is 0 Å². The Morgan fingerprint density at radius 1 is 0.576 bits per heavy atom. The average Bonchev–Trinajstić information content (AvgIpc) is 3.22. The molecule has 0 aliphatic heterocycles. The van der Waals surface area contributed by atoms with Crippen molar-refractivity contribution in [2.24, 2.45) is 11.8 Å². The van der Waals surface area contributed by atoms with E-state index in [0.717, 1.165) is 22.2 Å². The van der Waals surface area contributed by atoms with E-state index in [9.17, 15) is 33.9 Å². The summed E-state index contributed by atoms with van der Waals surface area (Å²) in [6.45, 7) is 8.65. The van der Waals surface area contributed by atoms with E-state index in [1.165, 1.54) is 13.3 Å². The van der Waals surface area contributed by atoms with Crippen LogP contribution in [0.1, 0.15) is 72.4 Å². The lowest BCUT2D eigenvalue weighted by atomic mass is 10.0. The van der Waals surface area contributed by atoms with Gasteiger partial charge in [-0.1, -0.05) is 113 Å². The van der Waals surface area contributed by atoms with Crippen LogP contribution in [0.5, 0.6) is 0 Å². The SMILES string of the molecule is CC(C)C[C@H](NC(=O)c1cn(Cc2ccccc2)c2ccccc2c1=O)C(=O)O.COC(=O)[C@H](CC(C)C)NC(=O)c1cn(Cc2ccccc2)c2ccccc2c1=O. The molecule has 2 heterocycles. The molecule has 0 radical (unpaired) electrons. The van der Waals surface area contributed by atoms with E-state index < -0.39 is 41.3 Å². The molecule has 3 N–H and O–H groups in total. The van der Waals surface area contributed by atoms with Crippen LogP contribution in [0.4, 0.5) is 0 Å². The van der Waals surface area contributed by atoms with Crippen molar-refractivity contribution in [1.82, 2.24) is 19.8 Å². The van der Waals surface area contributed by atoms with Gasteiger partial charge in [0.2, 0.25) is 10.9 Å². The molecule has 12 nitrogen and oxygen atoms in total. The van der Waals surface area contributed by atoms with Crippen molar-refractivity contribution < 1.29 is 29.0 Å². The molecule has 0 aliphatic carbocycles. The number of carboxylic acid groups (broad SMARTS) is 1. The lowest BCUT2D eigenvalue weighted by molar-refractivity contribution is -0.143.